The van der Waals surface area contributed by atoms with E-state index in [1.54, 1.807) is 0 Å². The van der Waals surface area contributed by atoms with Crippen LogP contribution in [-0.2, 0) is 52.4 Å². The average molecular weight is 638 g/mol. The number of rotatable bonds is 17. The van der Waals surface area contributed by atoms with Crippen LogP contribution in [0.4, 0.5) is 0 Å². The maximum atomic E-state index is 13.8. The van der Waals surface area contributed by atoms with E-state index in [0.29, 0.717) is 0 Å². The van der Waals surface area contributed by atoms with Crippen LogP contribution in [0.25, 0.3) is 10.4 Å². The highest BCUT2D eigenvalue weighted by Gasteiger charge is 2.48. The van der Waals surface area contributed by atoms with Crippen LogP contribution in [0.15, 0.2) is 96.1 Å². The maximum Gasteiger partial charge on any atom is 0.331 e. The van der Waals surface area contributed by atoms with Gasteiger partial charge in [0.25, 0.3) is 0 Å². The van der Waals surface area contributed by atoms with E-state index in [9.17, 15) is 10.1 Å². The molecule has 1 aliphatic heterocycles. The third-order valence-corrected chi connectivity index (χ3v) is 9.35. The molecule has 0 aromatic heterocycles. The van der Waals surface area contributed by atoms with Crippen molar-refractivity contribution in [1.29, 1.82) is 0 Å². The van der Waals surface area contributed by atoms with Crippen molar-refractivity contribution < 1.29 is 32.6 Å². The summed E-state index contributed by atoms with van der Waals surface area (Å²) in [5, 5.41) is 3.99. The summed E-state index contributed by atoms with van der Waals surface area (Å²) in [4.78, 5) is 3.08. The number of hydrogen-bond acceptors (Lipinski definition) is 8. The zero-order valence-corrected chi connectivity index (χ0v) is 27.3. The van der Waals surface area contributed by atoms with E-state index in [2.05, 4.69) is 10.0 Å². The molecule has 5 atom stereocenters. The lowest BCUT2D eigenvalue weighted by molar-refractivity contribution is -0.263. The third kappa shape index (κ3) is 11.1. The molecule has 3 aromatic carbocycles. The van der Waals surface area contributed by atoms with Gasteiger partial charge in [0.1, 0.15) is 18.3 Å². The quantitative estimate of drug-likeness (QED) is 0.0633. The van der Waals surface area contributed by atoms with Crippen LogP contribution >= 0.6 is 7.60 Å². The normalized spacial score (nSPS) is 22.0. The predicted molar refractivity (Wildman–Crippen MR) is 172 cm³/mol. The molecule has 0 aliphatic carbocycles. The van der Waals surface area contributed by atoms with Crippen LogP contribution in [-0.4, -0.2) is 49.0 Å². The summed E-state index contributed by atoms with van der Waals surface area (Å²) in [6.07, 6.45) is -4.18. The lowest BCUT2D eigenvalue weighted by Crippen LogP contribution is -2.59. The summed E-state index contributed by atoms with van der Waals surface area (Å²) in [6.45, 7) is 8.06. The van der Waals surface area contributed by atoms with Gasteiger partial charge in [-0.25, -0.2) is 0 Å². The molecule has 1 aliphatic rings. The summed E-state index contributed by atoms with van der Waals surface area (Å²) >= 11 is 0. The molecule has 1 fully saturated rings. The van der Waals surface area contributed by atoms with Crippen molar-refractivity contribution in [2.45, 2.75) is 96.8 Å². The summed E-state index contributed by atoms with van der Waals surface area (Å²) in [7, 11) is -3.50. The van der Waals surface area contributed by atoms with Crippen LogP contribution in [0.5, 0.6) is 0 Å². The van der Waals surface area contributed by atoms with E-state index < -0.39 is 38.2 Å². The molecule has 0 radical (unpaired) electrons. The molecular formula is C34H44N3O7P. The molecule has 0 amide bonds. The van der Waals surface area contributed by atoms with Crippen LogP contribution in [0, 0.1) is 0 Å². The Labute approximate surface area is 266 Å². The molecule has 45 heavy (non-hydrogen) atoms. The van der Waals surface area contributed by atoms with Gasteiger partial charge in [-0.3, -0.25) is 4.57 Å². The second-order valence-electron chi connectivity index (χ2n) is 11.5. The Hall–Kier alpha value is -3.04. The second kappa shape index (κ2) is 17.6. The van der Waals surface area contributed by atoms with Crippen molar-refractivity contribution in [3.63, 3.8) is 0 Å². The van der Waals surface area contributed by atoms with E-state index in [-0.39, 0.29) is 44.6 Å². The van der Waals surface area contributed by atoms with E-state index in [1.807, 2.05) is 119 Å². The van der Waals surface area contributed by atoms with E-state index >= 15 is 0 Å². The first kappa shape index (κ1) is 34.8. The Morgan fingerprint density at radius 2 is 1.13 bits per heavy atom. The van der Waals surface area contributed by atoms with Crippen molar-refractivity contribution in [2.75, 3.05) is 6.16 Å². The van der Waals surface area contributed by atoms with E-state index in [1.165, 1.54) is 0 Å². The largest absolute Gasteiger partial charge is 0.368 e. The highest BCUT2D eigenvalue weighted by atomic mass is 31.2. The Kier molecular flexibility index (Phi) is 13.6. The molecule has 0 spiro atoms. The third-order valence-electron chi connectivity index (χ3n) is 7.06. The van der Waals surface area contributed by atoms with Crippen molar-refractivity contribution in [1.82, 2.24) is 0 Å². The second-order valence-corrected chi connectivity index (χ2v) is 13.6. The van der Waals surface area contributed by atoms with Gasteiger partial charge in [-0.1, -0.05) is 96.1 Å². The maximum absolute atomic E-state index is 13.8. The van der Waals surface area contributed by atoms with Crippen molar-refractivity contribution >= 4 is 7.60 Å². The van der Waals surface area contributed by atoms with Crippen LogP contribution in [0.3, 0.4) is 0 Å². The Bertz CT molecular complexity index is 1360. The average Bonchev–Trinajstić information content (AvgIpc) is 3.02. The zero-order chi connectivity index (χ0) is 32.1. The highest BCUT2D eigenvalue weighted by molar-refractivity contribution is 7.53. The molecular weight excluding hydrogens is 593 g/mol. The minimum Gasteiger partial charge on any atom is -0.368 e. The SMILES string of the molecule is CC(C)OP(=O)(CC[C@H]1OC(N=[N+]=[N-])[C@@H](OCc2ccccc2)[C@@H](OCc2ccccc2)[C@@H]1OCc1ccccc1)OC(C)C. The first-order valence-electron chi connectivity index (χ1n) is 15.4. The highest BCUT2D eigenvalue weighted by Crippen LogP contribution is 2.52. The fourth-order valence-corrected chi connectivity index (χ4v) is 7.31. The molecule has 0 bridgehead atoms. The summed E-state index contributed by atoms with van der Waals surface area (Å²) in [5.74, 6) is 0. The summed E-state index contributed by atoms with van der Waals surface area (Å²) in [5.41, 5.74) is 12.4. The molecule has 1 heterocycles. The lowest BCUT2D eigenvalue weighted by Gasteiger charge is -2.45. The minimum absolute atomic E-state index is 0.0726. The molecule has 1 unspecified atom stereocenters. The van der Waals surface area contributed by atoms with Crippen molar-refractivity contribution in [3.8, 4) is 0 Å². The van der Waals surface area contributed by atoms with Gasteiger partial charge >= 0.3 is 7.60 Å². The Morgan fingerprint density at radius 1 is 0.711 bits per heavy atom. The van der Waals surface area contributed by atoms with Gasteiger partial charge < -0.3 is 28.0 Å². The number of benzene rings is 3. The molecule has 3 aromatic rings. The molecule has 1 saturated heterocycles. The molecule has 0 N–H and O–H groups in total. The first-order chi connectivity index (χ1) is 21.8. The van der Waals surface area contributed by atoms with Gasteiger partial charge in [-0.05, 0) is 56.3 Å². The molecule has 11 heteroatoms. The number of azide groups is 1. The minimum atomic E-state index is -3.50. The topological polar surface area (TPSA) is 121 Å². The number of ether oxygens (including phenoxy) is 4. The van der Waals surface area contributed by atoms with E-state index in [0.717, 1.165) is 16.7 Å². The first-order valence-corrected chi connectivity index (χ1v) is 17.1. The van der Waals surface area contributed by atoms with Gasteiger partial charge in [0, 0.05) is 4.91 Å². The van der Waals surface area contributed by atoms with Gasteiger partial charge in [-0.2, -0.15) is 0 Å². The van der Waals surface area contributed by atoms with Crippen LogP contribution < -0.4 is 0 Å². The number of nitrogens with zero attached hydrogens (tertiary/aromatic N) is 3. The Balaban J connectivity index is 1.67. The number of hydrogen-bond donors (Lipinski definition) is 0. The Morgan fingerprint density at radius 3 is 1.56 bits per heavy atom. The zero-order valence-electron chi connectivity index (χ0n) is 26.4. The van der Waals surface area contributed by atoms with Gasteiger partial charge in [0.15, 0.2) is 6.23 Å². The smallest absolute Gasteiger partial charge is 0.331 e. The summed E-state index contributed by atoms with van der Waals surface area (Å²) < 4.78 is 51.5. The van der Waals surface area contributed by atoms with Crippen LogP contribution in [0.2, 0.25) is 0 Å². The standard InChI is InChI=1S/C34H44N3O7P/c1-25(2)43-45(38,44-26(3)4)21-20-30-31(39-22-27-14-8-5-9-15-27)32(40-23-28-16-10-6-11-17-28)33(34(42-30)36-37-35)41-24-29-18-12-7-13-19-29/h5-19,25-26,30-34H,20-24H2,1-4H3/t30-,31-,32+,33+,34?/m1/s1. The van der Waals surface area contributed by atoms with Crippen molar-refractivity contribution in [2.24, 2.45) is 5.11 Å². The van der Waals surface area contributed by atoms with Gasteiger partial charge in [-0.15, -0.1) is 0 Å². The van der Waals surface area contributed by atoms with Crippen molar-refractivity contribution in [3.05, 3.63) is 118 Å². The lowest BCUT2D eigenvalue weighted by atomic mass is 9.95. The molecule has 10 nitrogen and oxygen atoms in total. The van der Waals surface area contributed by atoms with E-state index in [4.69, 9.17) is 28.0 Å². The van der Waals surface area contributed by atoms with Gasteiger partial charge in [0.2, 0.25) is 0 Å². The summed E-state index contributed by atoms with van der Waals surface area (Å²) in [6, 6.07) is 29.3. The fourth-order valence-electron chi connectivity index (χ4n) is 5.20. The monoisotopic (exact) mass is 637 g/mol. The van der Waals surface area contributed by atoms with Crippen LogP contribution in [0.1, 0.15) is 50.8 Å². The molecule has 0 saturated carbocycles. The molecule has 4 rings (SSSR count). The van der Waals surface area contributed by atoms with Gasteiger partial charge in [0.05, 0.1) is 44.3 Å². The predicted octanol–water partition coefficient (Wildman–Crippen LogP) is 8.21. The molecule has 242 valence electrons. The fraction of sp³-hybridized carbons (Fsp3) is 0.471.